The van der Waals surface area contributed by atoms with Gasteiger partial charge in [-0.25, -0.2) is 4.98 Å². The molecule has 1 heterocycles. The second kappa shape index (κ2) is 3.77. The van der Waals surface area contributed by atoms with E-state index in [1.165, 1.54) is 0 Å². The van der Waals surface area contributed by atoms with Crippen molar-refractivity contribution in [2.45, 2.75) is 6.92 Å². The summed E-state index contributed by atoms with van der Waals surface area (Å²) in [5, 5.41) is 10.2. The third-order valence-electron chi connectivity index (χ3n) is 3.05. The van der Waals surface area contributed by atoms with E-state index in [0.717, 1.165) is 15.9 Å². The lowest BCUT2D eigenvalue weighted by Crippen LogP contribution is -1.94. The Kier molecular flexibility index (Phi) is 2.23. The monoisotopic (exact) mass is 239 g/mol. The first-order chi connectivity index (χ1) is 8.66. The van der Waals surface area contributed by atoms with Gasteiger partial charge in [-0.2, -0.15) is 4.73 Å². The van der Waals surface area contributed by atoms with E-state index in [9.17, 15) is 5.21 Å². The van der Waals surface area contributed by atoms with Gasteiger partial charge in [0, 0.05) is 11.3 Å². The third-order valence-corrected chi connectivity index (χ3v) is 3.05. The van der Waals surface area contributed by atoms with Crippen LogP contribution in [0.15, 0.2) is 42.5 Å². The first-order valence-electron chi connectivity index (χ1n) is 5.70. The zero-order chi connectivity index (χ0) is 12.7. The molecule has 0 fully saturated rings. The van der Waals surface area contributed by atoms with Gasteiger partial charge in [-0.1, -0.05) is 30.3 Å². The van der Waals surface area contributed by atoms with Gasteiger partial charge < -0.3 is 10.9 Å². The number of hydrogen-bond donors (Lipinski definition) is 2. The van der Waals surface area contributed by atoms with E-state index in [1.807, 2.05) is 43.3 Å². The smallest absolute Gasteiger partial charge is 0.176 e. The number of hydrogen-bond acceptors (Lipinski definition) is 3. The maximum atomic E-state index is 10.2. The fourth-order valence-electron chi connectivity index (χ4n) is 2.01. The standard InChI is InChI=1S/C14H13N3O/c1-9-7-13-12(8-11(9)15)16-14(17(13)18)10-5-3-2-4-6-10/h2-8,18H,15H2,1H3. The average molecular weight is 239 g/mol. The van der Waals surface area contributed by atoms with Crippen LogP contribution < -0.4 is 5.73 Å². The van der Waals surface area contributed by atoms with Crippen LogP contribution in [-0.2, 0) is 0 Å². The average Bonchev–Trinajstić information content (AvgIpc) is 2.69. The van der Waals surface area contributed by atoms with Crippen molar-refractivity contribution >= 4 is 16.7 Å². The number of anilines is 1. The quantitative estimate of drug-likeness (QED) is 0.507. The molecule has 0 saturated carbocycles. The van der Waals surface area contributed by atoms with Crippen molar-refractivity contribution in [1.29, 1.82) is 0 Å². The van der Waals surface area contributed by atoms with Gasteiger partial charge >= 0.3 is 0 Å². The highest BCUT2D eigenvalue weighted by Crippen LogP contribution is 2.26. The van der Waals surface area contributed by atoms with Gasteiger partial charge in [0.15, 0.2) is 5.82 Å². The van der Waals surface area contributed by atoms with Gasteiger partial charge in [-0.15, -0.1) is 0 Å². The van der Waals surface area contributed by atoms with E-state index in [2.05, 4.69) is 4.98 Å². The molecule has 0 aliphatic carbocycles. The van der Waals surface area contributed by atoms with Crippen LogP contribution in [0.25, 0.3) is 22.4 Å². The molecule has 3 aromatic rings. The number of fused-ring (bicyclic) bond motifs is 1. The Balaban J connectivity index is 2.30. The number of aryl methyl sites for hydroxylation is 1. The fraction of sp³-hybridized carbons (Fsp3) is 0.0714. The molecule has 0 aliphatic heterocycles. The number of imidazole rings is 1. The largest absolute Gasteiger partial charge is 0.426 e. The van der Waals surface area contributed by atoms with Crippen LogP contribution in [0.1, 0.15) is 5.56 Å². The summed E-state index contributed by atoms with van der Waals surface area (Å²) in [5.41, 5.74) is 9.69. The Bertz CT molecular complexity index is 717. The van der Waals surface area contributed by atoms with E-state index in [0.29, 0.717) is 22.5 Å². The number of nitrogens with zero attached hydrogens (tertiary/aromatic N) is 2. The summed E-state index contributed by atoms with van der Waals surface area (Å²) in [6, 6.07) is 13.2. The highest BCUT2D eigenvalue weighted by molar-refractivity contribution is 5.84. The minimum Gasteiger partial charge on any atom is -0.426 e. The Labute approximate surface area is 104 Å². The summed E-state index contributed by atoms with van der Waals surface area (Å²) in [6.07, 6.45) is 0. The van der Waals surface area contributed by atoms with Gasteiger partial charge in [0.2, 0.25) is 0 Å². The van der Waals surface area contributed by atoms with Crippen molar-refractivity contribution in [1.82, 2.24) is 9.71 Å². The molecule has 2 aromatic carbocycles. The Morgan fingerprint density at radius 1 is 1.17 bits per heavy atom. The van der Waals surface area contributed by atoms with Crippen LogP contribution in [0.4, 0.5) is 5.69 Å². The molecule has 0 amide bonds. The van der Waals surface area contributed by atoms with Crippen molar-refractivity contribution in [3.8, 4) is 11.4 Å². The molecule has 4 heteroatoms. The molecule has 0 atom stereocenters. The molecule has 4 nitrogen and oxygen atoms in total. The van der Waals surface area contributed by atoms with Gasteiger partial charge in [0.25, 0.3) is 0 Å². The lowest BCUT2D eigenvalue weighted by molar-refractivity contribution is 0.203. The Morgan fingerprint density at radius 3 is 2.61 bits per heavy atom. The molecular formula is C14H13N3O. The van der Waals surface area contributed by atoms with E-state index in [-0.39, 0.29) is 0 Å². The predicted molar refractivity (Wildman–Crippen MR) is 71.5 cm³/mol. The van der Waals surface area contributed by atoms with Crippen LogP contribution >= 0.6 is 0 Å². The molecule has 0 unspecified atom stereocenters. The van der Waals surface area contributed by atoms with Crippen LogP contribution in [0.5, 0.6) is 0 Å². The number of nitrogens with two attached hydrogens (primary N) is 1. The van der Waals surface area contributed by atoms with E-state index in [4.69, 9.17) is 5.73 Å². The van der Waals surface area contributed by atoms with Crippen molar-refractivity contribution in [2.75, 3.05) is 5.73 Å². The minimum absolute atomic E-state index is 0.524. The molecule has 0 bridgehead atoms. The van der Waals surface area contributed by atoms with Crippen molar-refractivity contribution in [2.24, 2.45) is 0 Å². The number of aromatic nitrogens is 2. The zero-order valence-corrected chi connectivity index (χ0v) is 9.96. The van der Waals surface area contributed by atoms with Crippen LogP contribution in [0.3, 0.4) is 0 Å². The molecule has 3 N–H and O–H groups in total. The second-order valence-corrected chi connectivity index (χ2v) is 4.31. The van der Waals surface area contributed by atoms with Crippen LogP contribution in [0, 0.1) is 6.92 Å². The molecular weight excluding hydrogens is 226 g/mol. The van der Waals surface area contributed by atoms with Crippen molar-refractivity contribution in [3.63, 3.8) is 0 Å². The normalized spacial score (nSPS) is 10.9. The van der Waals surface area contributed by atoms with Crippen molar-refractivity contribution < 1.29 is 5.21 Å². The number of nitrogen functional groups attached to an aromatic ring is 1. The molecule has 18 heavy (non-hydrogen) atoms. The SMILES string of the molecule is Cc1cc2c(cc1N)nc(-c1ccccc1)n2O. The highest BCUT2D eigenvalue weighted by Gasteiger charge is 2.12. The Hall–Kier alpha value is -2.49. The molecule has 0 radical (unpaired) electrons. The number of benzene rings is 2. The van der Waals surface area contributed by atoms with E-state index >= 15 is 0 Å². The summed E-state index contributed by atoms with van der Waals surface area (Å²) in [7, 11) is 0. The summed E-state index contributed by atoms with van der Waals surface area (Å²) in [4.78, 5) is 4.42. The van der Waals surface area contributed by atoms with Gasteiger partial charge in [-0.05, 0) is 24.6 Å². The van der Waals surface area contributed by atoms with E-state index in [1.54, 1.807) is 6.07 Å². The maximum Gasteiger partial charge on any atom is 0.176 e. The second-order valence-electron chi connectivity index (χ2n) is 4.31. The summed E-state index contributed by atoms with van der Waals surface area (Å²) < 4.78 is 1.11. The van der Waals surface area contributed by atoms with Crippen LogP contribution in [0.2, 0.25) is 0 Å². The summed E-state index contributed by atoms with van der Waals surface area (Å²) in [5.74, 6) is 0.524. The molecule has 0 spiro atoms. The summed E-state index contributed by atoms with van der Waals surface area (Å²) >= 11 is 0. The lowest BCUT2D eigenvalue weighted by Gasteiger charge is -2.01. The molecule has 0 aliphatic rings. The van der Waals surface area contributed by atoms with Gasteiger partial charge in [0.1, 0.15) is 5.52 Å². The fourth-order valence-corrected chi connectivity index (χ4v) is 2.01. The zero-order valence-electron chi connectivity index (χ0n) is 9.96. The topological polar surface area (TPSA) is 64.1 Å². The highest BCUT2D eigenvalue weighted by atomic mass is 16.5. The third kappa shape index (κ3) is 1.50. The van der Waals surface area contributed by atoms with Crippen molar-refractivity contribution in [3.05, 3.63) is 48.0 Å². The van der Waals surface area contributed by atoms with E-state index < -0.39 is 0 Å². The predicted octanol–water partition coefficient (Wildman–Crippen LogP) is 2.83. The molecule has 0 saturated heterocycles. The lowest BCUT2D eigenvalue weighted by atomic mass is 10.2. The first-order valence-corrected chi connectivity index (χ1v) is 5.70. The maximum absolute atomic E-state index is 10.2. The molecule has 3 rings (SSSR count). The Morgan fingerprint density at radius 2 is 1.89 bits per heavy atom. The molecule has 1 aromatic heterocycles. The number of rotatable bonds is 1. The van der Waals surface area contributed by atoms with Gasteiger partial charge in [0.05, 0.1) is 5.52 Å². The summed E-state index contributed by atoms with van der Waals surface area (Å²) in [6.45, 7) is 1.91. The minimum atomic E-state index is 0.524. The first kappa shape index (κ1) is 10.7. The van der Waals surface area contributed by atoms with Crippen LogP contribution in [-0.4, -0.2) is 14.9 Å². The molecule has 90 valence electrons. The van der Waals surface area contributed by atoms with Gasteiger partial charge in [-0.3, -0.25) is 0 Å².